The Morgan fingerprint density at radius 3 is 2.71 bits per heavy atom. The van der Waals surface area contributed by atoms with Crippen molar-refractivity contribution in [3.8, 4) is 11.5 Å². The van der Waals surface area contributed by atoms with E-state index < -0.39 is 0 Å². The van der Waals surface area contributed by atoms with Gasteiger partial charge in [0.25, 0.3) is 0 Å². The first-order chi connectivity index (χ1) is 8.24. The highest BCUT2D eigenvalue weighted by Crippen LogP contribution is 2.33. The molecule has 3 heteroatoms. The van der Waals surface area contributed by atoms with Crippen LogP contribution in [0.5, 0.6) is 11.5 Å². The van der Waals surface area contributed by atoms with Gasteiger partial charge in [0.1, 0.15) is 6.61 Å². The fraction of sp³-hybridized carbons (Fsp3) is 0.571. The minimum Gasteiger partial charge on any atom is -0.493 e. The van der Waals surface area contributed by atoms with Crippen LogP contribution in [0.25, 0.3) is 0 Å². The maximum atomic E-state index is 6.01. The smallest absolute Gasteiger partial charge is 0.161 e. The van der Waals surface area contributed by atoms with Crippen LogP contribution in [-0.2, 0) is 6.42 Å². The lowest BCUT2D eigenvalue weighted by Crippen LogP contribution is -2.29. The number of nitrogens with two attached hydrogens (primary N) is 1. The molecule has 1 unspecified atom stereocenters. The van der Waals surface area contributed by atoms with Crippen LogP contribution < -0.4 is 15.2 Å². The summed E-state index contributed by atoms with van der Waals surface area (Å²) in [6.45, 7) is 2.70. The van der Waals surface area contributed by atoms with Gasteiger partial charge >= 0.3 is 0 Å². The molecule has 2 rings (SSSR count). The Morgan fingerprint density at radius 1 is 1.35 bits per heavy atom. The molecule has 1 aromatic rings. The van der Waals surface area contributed by atoms with Gasteiger partial charge in [0.15, 0.2) is 11.5 Å². The van der Waals surface area contributed by atoms with Gasteiger partial charge in [-0.05, 0) is 42.9 Å². The van der Waals surface area contributed by atoms with Gasteiger partial charge in [-0.15, -0.1) is 0 Å². The van der Waals surface area contributed by atoms with Crippen LogP contribution in [0.4, 0.5) is 0 Å². The predicted molar refractivity (Wildman–Crippen MR) is 68.6 cm³/mol. The molecule has 1 aliphatic rings. The van der Waals surface area contributed by atoms with E-state index in [1.807, 2.05) is 12.1 Å². The van der Waals surface area contributed by atoms with E-state index in [-0.39, 0.29) is 6.04 Å². The molecule has 17 heavy (non-hydrogen) atoms. The first-order valence-electron chi connectivity index (χ1n) is 6.30. The van der Waals surface area contributed by atoms with Crippen molar-refractivity contribution in [3.05, 3.63) is 23.8 Å². The van der Waals surface area contributed by atoms with E-state index in [9.17, 15) is 0 Å². The van der Waals surface area contributed by atoms with Crippen LogP contribution in [-0.4, -0.2) is 19.8 Å². The molecule has 1 saturated carbocycles. The number of hydrogen-bond donors (Lipinski definition) is 1. The van der Waals surface area contributed by atoms with Crippen LogP contribution in [0, 0.1) is 5.92 Å². The SMILES string of the molecule is CCc1ccc(OCC(N)C2CC2)c(OC)c1. The van der Waals surface area contributed by atoms with Crippen molar-refractivity contribution < 1.29 is 9.47 Å². The fourth-order valence-electron chi connectivity index (χ4n) is 1.90. The molecule has 0 aromatic heterocycles. The van der Waals surface area contributed by atoms with Crippen molar-refractivity contribution in [3.63, 3.8) is 0 Å². The third-order valence-corrected chi connectivity index (χ3v) is 3.30. The maximum Gasteiger partial charge on any atom is 0.161 e. The quantitative estimate of drug-likeness (QED) is 0.823. The molecular formula is C14H21NO2. The van der Waals surface area contributed by atoms with Crippen molar-refractivity contribution in [1.29, 1.82) is 0 Å². The predicted octanol–water partition coefficient (Wildman–Crippen LogP) is 2.37. The minimum absolute atomic E-state index is 0.158. The van der Waals surface area contributed by atoms with Crippen LogP contribution in [0.1, 0.15) is 25.3 Å². The van der Waals surface area contributed by atoms with Gasteiger partial charge in [-0.2, -0.15) is 0 Å². The van der Waals surface area contributed by atoms with Crippen molar-refractivity contribution in [2.24, 2.45) is 11.7 Å². The topological polar surface area (TPSA) is 44.5 Å². The van der Waals surface area contributed by atoms with Crippen molar-refractivity contribution in [2.75, 3.05) is 13.7 Å². The highest BCUT2D eigenvalue weighted by molar-refractivity contribution is 5.43. The summed E-state index contributed by atoms with van der Waals surface area (Å²) in [5.41, 5.74) is 7.26. The highest BCUT2D eigenvalue weighted by atomic mass is 16.5. The Labute approximate surface area is 103 Å². The number of benzene rings is 1. The molecule has 2 N–H and O–H groups in total. The molecule has 0 saturated heterocycles. The van der Waals surface area contributed by atoms with Crippen LogP contribution in [0.3, 0.4) is 0 Å². The normalized spacial score (nSPS) is 16.6. The summed E-state index contributed by atoms with van der Waals surface area (Å²) in [6, 6.07) is 6.22. The molecule has 1 fully saturated rings. The lowest BCUT2D eigenvalue weighted by Gasteiger charge is -2.15. The average molecular weight is 235 g/mol. The summed E-state index contributed by atoms with van der Waals surface area (Å²) >= 11 is 0. The molecule has 0 amide bonds. The van der Waals surface area contributed by atoms with Gasteiger partial charge in [-0.3, -0.25) is 0 Å². The van der Waals surface area contributed by atoms with Gasteiger partial charge < -0.3 is 15.2 Å². The number of ether oxygens (including phenoxy) is 2. The van der Waals surface area contributed by atoms with Crippen LogP contribution in [0.2, 0.25) is 0 Å². The van der Waals surface area contributed by atoms with E-state index in [1.165, 1.54) is 18.4 Å². The second-order valence-electron chi connectivity index (χ2n) is 4.65. The monoisotopic (exact) mass is 235 g/mol. The Hall–Kier alpha value is -1.22. The van der Waals surface area contributed by atoms with E-state index in [2.05, 4.69) is 13.0 Å². The summed E-state index contributed by atoms with van der Waals surface area (Å²) in [6.07, 6.45) is 3.49. The third-order valence-electron chi connectivity index (χ3n) is 3.30. The molecule has 94 valence electrons. The molecule has 3 nitrogen and oxygen atoms in total. The van der Waals surface area contributed by atoms with E-state index in [4.69, 9.17) is 15.2 Å². The van der Waals surface area contributed by atoms with E-state index in [1.54, 1.807) is 7.11 Å². The fourth-order valence-corrected chi connectivity index (χ4v) is 1.90. The molecule has 0 heterocycles. The molecule has 0 aliphatic heterocycles. The Morgan fingerprint density at radius 2 is 2.12 bits per heavy atom. The van der Waals surface area contributed by atoms with Crippen molar-refractivity contribution in [1.82, 2.24) is 0 Å². The summed E-state index contributed by atoms with van der Waals surface area (Å²) in [4.78, 5) is 0. The minimum atomic E-state index is 0.158. The van der Waals surface area contributed by atoms with Gasteiger partial charge in [0.05, 0.1) is 7.11 Å². The molecule has 1 atom stereocenters. The van der Waals surface area contributed by atoms with E-state index >= 15 is 0 Å². The van der Waals surface area contributed by atoms with Crippen LogP contribution in [0.15, 0.2) is 18.2 Å². The summed E-state index contributed by atoms with van der Waals surface area (Å²) in [5.74, 6) is 2.25. The highest BCUT2D eigenvalue weighted by Gasteiger charge is 2.28. The number of methoxy groups -OCH3 is 1. The first-order valence-corrected chi connectivity index (χ1v) is 6.30. The molecule has 1 aliphatic carbocycles. The summed E-state index contributed by atoms with van der Waals surface area (Å²) in [7, 11) is 1.67. The Kier molecular flexibility index (Phi) is 3.89. The maximum absolute atomic E-state index is 6.01. The zero-order chi connectivity index (χ0) is 12.3. The zero-order valence-corrected chi connectivity index (χ0v) is 10.6. The molecule has 0 radical (unpaired) electrons. The number of aryl methyl sites for hydroxylation is 1. The largest absolute Gasteiger partial charge is 0.493 e. The molecular weight excluding hydrogens is 214 g/mol. The van der Waals surface area contributed by atoms with E-state index in [0.717, 1.165) is 17.9 Å². The van der Waals surface area contributed by atoms with Crippen LogP contribution >= 0.6 is 0 Å². The van der Waals surface area contributed by atoms with Crippen molar-refractivity contribution >= 4 is 0 Å². The summed E-state index contributed by atoms with van der Waals surface area (Å²) in [5, 5.41) is 0. The van der Waals surface area contributed by atoms with Gasteiger partial charge in [0.2, 0.25) is 0 Å². The first kappa shape index (κ1) is 12.2. The number of hydrogen-bond acceptors (Lipinski definition) is 3. The second-order valence-corrected chi connectivity index (χ2v) is 4.65. The van der Waals surface area contributed by atoms with E-state index in [0.29, 0.717) is 12.5 Å². The molecule has 0 bridgehead atoms. The number of rotatable bonds is 6. The zero-order valence-electron chi connectivity index (χ0n) is 10.6. The Balaban J connectivity index is 1.98. The van der Waals surface area contributed by atoms with Gasteiger partial charge in [-0.1, -0.05) is 13.0 Å². The Bertz CT molecular complexity index is 374. The lowest BCUT2D eigenvalue weighted by atomic mass is 10.1. The summed E-state index contributed by atoms with van der Waals surface area (Å²) < 4.78 is 11.1. The third kappa shape index (κ3) is 3.13. The van der Waals surface area contributed by atoms with Gasteiger partial charge in [0, 0.05) is 6.04 Å². The van der Waals surface area contributed by atoms with Gasteiger partial charge in [-0.25, -0.2) is 0 Å². The molecule has 0 spiro atoms. The van der Waals surface area contributed by atoms with Crippen molar-refractivity contribution in [2.45, 2.75) is 32.2 Å². The molecule has 1 aromatic carbocycles. The standard InChI is InChI=1S/C14H21NO2/c1-3-10-4-7-13(14(8-10)16-2)17-9-12(15)11-5-6-11/h4,7-8,11-12H,3,5-6,9,15H2,1-2H3. The lowest BCUT2D eigenvalue weighted by molar-refractivity contribution is 0.261. The second kappa shape index (κ2) is 5.41. The average Bonchev–Trinajstić information content (AvgIpc) is 3.19.